The SMILES string of the molecule is Fc1cccc2nc(-c3ccc(Cl)cc3)cn12. The quantitative estimate of drug-likeness (QED) is 0.597. The smallest absolute Gasteiger partial charge is 0.199 e. The Balaban J connectivity index is 2.18. The van der Waals surface area contributed by atoms with Crippen LogP contribution in [0.3, 0.4) is 0 Å². The van der Waals surface area contributed by atoms with Crippen LogP contribution in [0.5, 0.6) is 0 Å². The lowest BCUT2D eigenvalue weighted by Crippen LogP contribution is -1.88. The van der Waals surface area contributed by atoms with Crippen LogP contribution in [0, 0.1) is 5.95 Å². The van der Waals surface area contributed by atoms with E-state index >= 15 is 0 Å². The monoisotopic (exact) mass is 246 g/mol. The maximum atomic E-state index is 13.5. The molecule has 1 aromatic carbocycles. The third-order valence-corrected chi connectivity index (χ3v) is 2.83. The van der Waals surface area contributed by atoms with E-state index in [4.69, 9.17) is 11.6 Å². The summed E-state index contributed by atoms with van der Waals surface area (Å²) < 4.78 is 14.9. The second-order valence-corrected chi connectivity index (χ2v) is 4.15. The van der Waals surface area contributed by atoms with E-state index in [-0.39, 0.29) is 5.95 Å². The van der Waals surface area contributed by atoms with Gasteiger partial charge in [0.05, 0.1) is 5.69 Å². The van der Waals surface area contributed by atoms with Gasteiger partial charge in [0.15, 0.2) is 5.95 Å². The molecule has 0 fully saturated rings. The van der Waals surface area contributed by atoms with Crippen molar-refractivity contribution in [1.29, 1.82) is 0 Å². The van der Waals surface area contributed by atoms with Gasteiger partial charge in [-0.25, -0.2) is 4.98 Å². The van der Waals surface area contributed by atoms with Crippen molar-refractivity contribution in [3.8, 4) is 11.3 Å². The number of imidazole rings is 1. The number of pyridine rings is 1. The van der Waals surface area contributed by atoms with Crippen molar-refractivity contribution in [2.24, 2.45) is 0 Å². The van der Waals surface area contributed by atoms with Gasteiger partial charge in [0, 0.05) is 16.8 Å². The summed E-state index contributed by atoms with van der Waals surface area (Å²) in [7, 11) is 0. The molecule has 2 nitrogen and oxygen atoms in total. The van der Waals surface area contributed by atoms with Gasteiger partial charge in [-0.3, -0.25) is 4.40 Å². The minimum atomic E-state index is -0.324. The molecular weight excluding hydrogens is 239 g/mol. The lowest BCUT2D eigenvalue weighted by Gasteiger charge is -1.95. The van der Waals surface area contributed by atoms with Crippen molar-refractivity contribution in [3.63, 3.8) is 0 Å². The molecule has 84 valence electrons. The van der Waals surface area contributed by atoms with Crippen LogP contribution in [0.15, 0.2) is 48.7 Å². The first-order valence-electron chi connectivity index (χ1n) is 5.13. The van der Waals surface area contributed by atoms with Crippen molar-refractivity contribution < 1.29 is 4.39 Å². The Bertz CT molecular complexity index is 673. The standard InChI is InChI=1S/C13H8ClFN2/c14-10-6-4-9(5-7-10)11-8-17-12(15)2-1-3-13(17)16-11/h1-8H. The van der Waals surface area contributed by atoms with Crippen molar-refractivity contribution in [2.45, 2.75) is 0 Å². The van der Waals surface area contributed by atoms with Crippen LogP contribution in [0.25, 0.3) is 16.9 Å². The number of halogens is 2. The van der Waals surface area contributed by atoms with Crippen molar-refractivity contribution in [3.05, 3.63) is 59.6 Å². The van der Waals surface area contributed by atoms with Gasteiger partial charge in [-0.05, 0) is 24.3 Å². The fourth-order valence-corrected chi connectivity index (χ4v) is 1.86. The highest BCUT2D eigenvalue weighted by molar-refractivity contribution is 6.30. The summed E-state index contributed by atoms with van der Waals surface area (Å²) in [6.07, 6.45) is 1.67. The first-order chi connectivity index (χ1) is 8.24. The fourth-order valence-electron chi connectivity index (χ4n) is 1.74. The number of nitrogens with zero attached hydrogens (tertiary/aromatic N) is 2. The van der Waals surface area contributed by atoms with Gasteiger partial charge < -0.3 is 0 Å². The van der Waals surface area contributed by atoms with Crippen LogP contribution in [-0.2, 0) is 0 Å². The van der Waals surface area contributed by atoms with Crippen LogP contribution >= 0.6 is 11.6 Å². The molecule has 0 amide bonds. The van der Waals surface area contributed by atoms with E-state index in [9.17, 15) is 4.39 Å². The largest absolute Gasteiger partial charge is 0.275 e. The van der Waals surface area contributed by atoms with E-state index < -0.39 is 0 Å². The molecule has 0 aliphatic rings. The van der Waals surface area contributed by atoms with Gasteiger partial charge in [0.1, 0.15) is 5.65 Å². The van der Waals surface area contributed by atoms with Gasteiger partial charge in [0.25, 0.3) is 0 Å². The number of aromatic nitrogens is 2. The molecule has 4 heteroatoms. The summed E-state index contributed by atoms with van der Waals surface area (Å²) in [5.74, 6) is -0.324. The lowest BCUT2D eigenvalue weighted by atomic mass is 10.2. The molecule has 0 bridgehead atoms. The summed E-state index contributed by atoms with van der Waals surface area (Å²) in [5.41, 5.74) is 2.24. The normalized spacial score (nSPS) is 10.9. The Morgan fingerprint density at radius 3 is 2.53 bits per heavy atom. The fraction of sp³-hybridized carbons (Fsp3) is 0. The highest BCUT2D eigenvalue weighted by Gasteiger charge is 2.06. The predicted octanol–water partition coefficient (Wildman–Crippen LogP) is 3.79. The molecule has 0 N–H and O–H groups in total. The van der Waals surface area contributed by atoms with Crippen LogP contribution in [-0.4, -0.2) is 9.38 Å². The molecule has 0 unspecified atom stereocenters. The van der Waals surface area contributed by atoms with E-state index in [1.54, 1.807) is 30.5 Å². The molecule has 0 spiro atoms. The van der Waals surface area contributed by atoms with Crippen molar-refractivity contribution in [1.82, 2.24) is 9.38 Å². The summed E-state index contributed by atoms with van der Waals surface area (Å²) in [4.78, 5) is 4.35. The van der Waals surface area contributed by atoms with Gasteiger partial charge in [0.2, 0.25) is 0 Å². The van der Waals surface area contributed by atoms with Gasteiger partial charge in [-0.2, -0.15) is 4.39 Å². The molecule has 0 aliphatic heterocycles. The Labute approximate surface area is 102 Å². The number of hydrogen-bond acceptors (Lipinski definition) is 1. The van der Waals surface area contributed by atoms with Crippen LogP contribution in [0.4, 0.5) is 4.39 Å². The minimum Gasteiger partial charge on any atom is -0.275 e. The van der Waals surface area contributed by atoms with E-state index in [1.807, 2.05) is 12.1 Å². The zero-order chi connectivity index (χ0) is 11.8. The zero-order valence-electron chi connectivity index (χ0n) is 8.77. The van der Waals surface area contributed by atoms with E-state index in [0.717, 1.165) is 11.3 Å². The summed E-state index contributed by atoms with van der Waals surface area (Å²) >= 11 is 5.82. The van der Waals surface area contributed by atoms with Gasteiger partial charge in [-0.1, -0.05) is 29.8 Å². The molecule has 0 atom stereocenters. The molecule has 2 aromatic heterocycles. The average molecular weight is 247 g/mol. The Morgan fingerprint density at radius 2 is 1.82 bits per heavy atom. The van der Waals surface area contributed by atoms with Gasteiger partial charge >= 0.3 is 0 Å². The number of benzene rings is 1. The van der Waals surface area contributed by atoms with Crippen molar-refractivity contribution >= 4 is 17.2 Å². The lowest BCUT2D eigenvalue weighted by molar-refractivity contribution is 0.568. The molecule has 0 aliphatic carbocycles. The predicted molar refractivity (Wildman–Crippen MR) is 65.6 cm³/mol. The Kier molecular flexibility index (Phi) is 2.34. The summed E-state index contributed by atoms with van der Waals surface area (Å²) in [5, 5.41) is 0.670. The van der Waals surface area contributed by atoms with E-state index in [2.05, 4.69) is 4.98 Å². The molecular formula is C13H8ClFN2. The minimum absolute atomic E-state index is 0.324. The highest BCUT2D eigenvalue weighted by Crippen LogP contribution is 2.21. The number of hydrogen-bond donors (Lipinski definition) is 0. The molecule has 0 saturated carbocycles. The first-order valence-corrected chi connectivity index (χ1v) is 5.51. The summed E-state index contributed by atoms with van der Waals surface area (Å²) in [6, 6.07) is 12.1. The molecule has 0 radical (unpaired) electrons. The maximum absolute atomic E-state index is 13.5. The van der Waals surface area contributed by atoms with Gasteiger partial charge in [-0.15, -0.1) is 0 Å². The Hall–Kier alpha value is -1.87. The second kappa shape index (κ2) is 3.86. The van der Waals surface area contributed by atoms with Crippen LogP contribution < -0.4 is 0 Å². The molecule has 2 heterocycles. The molecule has 3 aromatic rings. The molecule has 0 saturated heterocycles. The first kappa shape index (κ1) is 10.3. The topological polar surface area (TPSA) is 17.3 Å². The Morgan fingerprint density at radius 1 is 1.06 bits per heavy atom. The summed E-state index contributed by atoms with van der Waals surface area (Å²) in [6.45, 7) is 0. The third kappa shape index (κ3) is 1.78. The number of rotatable bonds is 1. The van der Waals surface area contributed by atoms with E-state index in [1.165, 1.54) is 10.5 Å². The zero-order valence-corrected chi connectivity index (χ0v) is 9.53. The average Bonchev–Trinajstić information content (AvgIpc) is 2.75. The highest BCUT2D eigenvalue weighted by atomic mass is 35.5. The maximum Gasteiger partial charge on any atom is 0.199 e. The van der Waals surface area contributed by atoms with Crippen LogP contribution in [0.1, 0.15) is 0 Å². The van der Waals surface area contributed by atoms with E-state index in [0.29, 0.717) is 10.7 Å². The number of fused-ring (bicyclic) bond motifs is 1. The molecule has 17 heavy (non-hydrogen) atoms. The third-order valence-electron chi connectivity index (χ3n) is 2.58. The molecule has 3 rings (SSSR count). The van der Waals surface area contributed by atoms with Crippen LogP contribution in [0.2, 0.25) is 5.02 Å². The van der Waals surface area contributed by atoms with Crippen molar-refractivity contribution in [2.75, 3.05) is 0 Å². The second-order valence-electron chi connectivity index (χ2n) is 3.71.